The van der Waals surface area contributed by atoms with Gasteiger partial charge in [-0.3, -0.25) is 4.90 Å². The number of carbonyl (C=O) groups is 1. The Bertz CT molecular complexity index is 1950. The van der Waals surface area contributed by atoms with Gasteiger partial charge in [-0.1, -0.05) is 19.1 Å². The van der Waals surface area contributed by atoms with Gasteiger partial charge in [0.25, 0.3) is 5.92 Å². The zero-order valence-electron chi connectivity index (χ0n) is 27.0. The van der Waals surface area contributed by atoms with Crippen molar-refractivity contribution in [2.24, 2.45) is 0 Å². The molecule has 1 amide bonds. The van der Waals surface area contributed by atoms with Gasteiger partial charge in [-0.2, -0.15) is 9.97 Å². The number of aromatic hydroxyl groups is 1. The van der Waals surface area contributed by atoms with Crippen LogP contribution >= 0.6 is 0 Å². The first kappa shape index (κ1) is 33.1. The molecule has 3 fully saturated rings. The quantitative estimate of drug-likeness (QED) is 0.212. The third-order valence-electron chi connectivity index (χ3n) is 10.0. The molecule has 14 heteroatoms. The highest BCUT2D eigenvalue weighted by Gasteiger charge is 2.49. The van der Waals surface area contributed by atoms with Crippen LogP contribution in [0.1, 0.15) is 38.2 Å². The van der Waals surface area contributed by atoms with Crippen LogP contribution in [0, 0.1) is 11.6 Å². The van der Waals surface area contributed by atoms with Gasteiger partial charge in [0.05, 0.1) is 25.2 Å². The Balaban J connectivity index is 1.37. The zero-order chi connectivity index (χ0) is 34.7. The van der Waals surface area contributed by atoms with E-state index in [0.717, 1.165) is 13.5 Å². The molecule has 4 heterocycles. The average Bonchev–Trinajstić information content (AvgIpc) is 3.58. The second-order valence-corrected chi connectivity index (χ2v) is 13.3. The van der Waals surface area contributed by atoms with Crippen LogP contribution in [0.25, 0.3) is 32.8 Å². The van der Waals surface area contributed by atoms with Gasteiger partial charge in [-0.15, -0.1) is 0 Å². The molecule has 9 nitrogen and oxygen atoms in total. The fraction of sp³-hybridized carbons (Fsp3) is 0.457. The third kappa shape index (κ3) is 6.04. The Kier molecular flexibility index (Phi) is 8.40. The van der Waals surface area contributed by atoms with Gasteiger partial charge in [0, 0.05) is 36.9 Å². The number of ether oxygens (including phenoxy) is 2. The summed E-state index contributed by atoms with van der Waals surface area (Å²) in [5.41, 5.74) is -0.282. The second kappa shape index (κ2) is 12.5. The minimum absolute atomic E-state index is 0.00451. The van der Waals surface area contributed by atoms with Gasteiger partial charge < -0.3 is 24.8 Å². The Morgan fingerprint density at radius 1 is 1.10 bits per heavy atom. The second-order valence-electron chi connectivity index (χ2n) is 13.3. The van der Waals surface area contributed by atoms with E-state index in [1.54, 1.807) is 6.92 Å². The highest BCUT2D eigenvalue weighted by atomic mass is 19.3. The zero-order valence-corrected chi connectivity index (χ0v) is 27.0. The lowest BCUT2D eigenvalue weighted by Crippen LogP contribution is -2.55. The lowest BCUT2D eigenvalue weighted by atomic mass is 9.92. The van der Waals surface area contributed by atoms with Gasteiger partial charge in [0.1, 0.15) is 35.7 Å². The van der Waals surface area contributed by atoms with Gasteiger partial charge in [-0.25, -0.2) is 26.7 Å². The minimum Gasteiger partial charge on any atom is -0.508 e. The Morgan fingerprint density at radius 2 is 1.92 bits per heavy atom. The highest BCUT2D eigenvalue weighted by molar-refractivity contribution is 6.03. The predicted molar refractivity (Wildman–Crippen MR) is 173 cm³/mol. The number of carbonyl (C=O) groups excluding carboxylic acids is 1. The van der Waals surface area contributed by atoms with Crippen LogP contribution in [-0.4, -0.2) is 89.6 Å². The van der Waals surface area contributed by atoms with Crippen LogP contribution in [0.3, 0.4) is 0 Å². The molecule has 3 saturated heterocycles. The SMILES string of the molecule is CCc1c(F)ccc2cc(O)cc(-c3ccc4c(N5C[C@H](NC(=O)OC)CC(F)(F)C5)nc(OC[C@@]56CCCN5C[C@H](F)C6)nc4c3F)c12. The summed E-state index contributed by atoms with van der Waals surface area (Å²) < 4.78 is 87.4. The van der Waals surface area contributed by atoms with E-state index < -0.39 is 54.4 Å². The molecule has 3 atom stereocenters. The summed E-state index contributed by atoms with van der Waals surface area (Å²) >= 11 is 0. The molecule has 0 aliphatic carbocycles. The Labute approximate surface area is 279 Å². The molecule has 3 aliphatic heterocycles. The van der Waals surface area contributed by atoms with Crippen LogP contribution in [0.5, 0.6) is 11.8 Å². The van der Waals surface area contributed by atoms with E-state index >= 15 is 13.2 Å². The van der Waals surface area contributed by atoms with Crippen molar-refractivity contribution in [3.63, 3.8) is 0 Å². The molecule has 7 rings (SSSR count). The van der Waals surface area contributed by atoms with E-state index in [4.69, 9.17) is 4.74 Å². The molecule has 3 aliphatic rings. The topological polar surface area (TPSA) is 100 Å². The molecule has 0 radical (unpaired) electrons. The van der Waals surface area contributed by atoms with Crippen molar-refractivity contribution in [2.75, 3.05) is 44.8 Å². The number of amides is 1. The maximum Gasteiger partial charge on any atom is 0.407 e. The summed E-state index contributed by atoms with van der Waals surface area (Å²) in [5.74, 6) is -4.80. The van der Waals surface area contributed by atoms with Crippen LogP contribution in [0.15, 0.2) is 36.4 Å². The average molecular weight is 686 g/mol. The summed E-state index contributed by atoms with van der Waals surface area (Å²) in [6.45, 7) is 1.89. The predicted octanol–water partition coefficient (Wildman–Crippen LogP) is 6.52. The number of benzene rings is 3. The minimum atomic E-state index is -3.26. The maximum absolute atomic E-state index is 16.9. The molecular weight excluding hydrogens is 649 g/mol. The number of phenols is 1. The number of anilines is 1. The number of nitrogens with one attached hydrogen (secondary N) is 1. The van der Waals surface area contributed by atoms with Crippen LogP contribution in [-0.2, 0) is 11.2 Å². The molecule has 0 unspecified atom stereocenters. The van der Waals surface area contributed by atoms with Gasteiger partial charge in [0.15, 0.2) is 5.82 Å². The number of hydrogen-bond donors (Lipinski definition) is 2. The van der Waals surface area contributed by atoms with E-state index in [1.165, 1.54) is 41.3 Å². The monoisotopic (exact) mass is 685 g/mol. The number of rotatable bonds is 7. The number of aromatic nitrogens is 2. The van der Waals surface area contributed by atoms with E-state index in [9.17, 15) is 18.7 Å². The molecule has 0 saturated carbocycles. The number of alkyl halides is 3. The standard InChI is InChI=1S/C35H36F5N5O4/c1-3-23-27(37)8-5-19-11-22(46)12-26(28(19)23)24-6-7-25-30(29(24)38)42-32(49-18-34-9-4-10-45(34)15-20(36)13-34)43-31(25)44-16-21(41-33(47)48-2)14-35(39,40)17-44/h5-8,11-12,20-21,46H,3-4,9-10,13-18H2,1-2H3,(H,41,47)/t20-,21-,34+/m1/s1. The summed E-state index contributed by atoms with van der Waals surface area (Å²) in [6, 6.07) is 7.22. The van der Waals surface area contributed by atoms with Crippen molar-refractivity contribution in [3.05, 3.63) is 53.6 Å². The number of nitrogens with zero attached hydrogens (tertiary/aromatic N) is 4. The smallest absolute Gasteiger partial charge is 0.407 e. The molecule has 1 aromatic heterocycles. The van der Waals surface area contributed by atoms with Crippen LogP contribution in [0.2, 0.25) is 0 Å². The normalized spacial score (nSPS) is 23.6. The molecule has 49 heavy (non-hydrogen) atoms. The van der Waals surface area contributed by atoms with Gasteiger partial charge in [-0.05, 0) is 72.0 Å². The van der Waals surface area contributed by atoms with E-state index in [-0.39, 0.29) is 65.7 Å². The molecule has 3 aromatic carbocycles. The van der Waals surface area contributed by atoms with Crippen LogP contribution in [0.4, 0.5) is 32.6 Å². The van der Waals surface area contributed by atoms with E-state index in [0.29, 0.717) is 35.7 Å². The number of alkyl carbamates (subject to hydrolysis) is 1. The fourth-order valence-electron chi connectivity index (χ4n) is 7.93. The van der Waals surface area contributed by atoms with Crippen LogP contribution < -0.4 is 15.0 Å². The van der Waals surface area contributed by atoms with E-state index in [1.807, 2.05) is 4.90 Å². The summed E-state index contributed by atoms with van der Waals surface area (Å²) in [5, 5.41) is 14.0. The highest BCUT2D eigenvalue weighted by Crippen LogP contribution is 2.43. The first-order valence-corrected chi connectivity index (χ1v) is 16.3. The van der Waals surface area contributed by atoms with Crippen molar-refractivity contribution in [1.29, 1.82) is 0 Å². The number of aryl methyl sites for hydroxylation is 1. The number of fused-ring (bicyclic) bond motifs is 3. The summed E-state index contributed by atoms with van der Waals surface area (Å²) in [6.07, 6.45) is -0.455. The molecule has 0 spiro atoms. The van der Waals surface area contributed by atoms with Crippen molar-refractivity contribution in [3.8, 4) is 22.9 Å². The molecule has 2 N–H and O–H groups in total. The van der Waals surface area contributed by atoms with Crippen molar-refractivity contribution in [2.45, 2.75) is 62.7 Å². The summed E-state index contributed by atoms with van der Waals surface area (Å²) in [7, 11) is 1.13. The number of hydrogen-bond acceptors (Lipinski definition) is 8. The number of phenolic OH excluding ortho intramolecular Hbond substituents is 1. The van der Waals surface area contributed by atoms with E-state index in [2.05, 4.69) is 20.0 Å². The van der Waals surface area contributed by atoms with Gasteiger partial charge >= 0.3 is 12.1 Å². The molecular formula is C35H36F5N5O4. The Morgan fingerprint density at radius 3 is 2.69 bits per heavy atom. The first-order valence-electron chi connectivity index (χ1n) is 16.3. The Hall–Kier alpha value is -4.46. The number of piperidine rings is 1. The molecule has 260 valence electrons. The number of methoxy groups -OCH3 is 1. The van der Waals surface area contributed by atoms with Crippen molar-refractivity contribution >= 4 is 33.6 Å². The lowest BCUT2D eigenvalue weighted by Gasteiger charge is -2.38. The molecule has 0 bridgehead atoms. The summed E-state index contributed by atoms with van der Waals surface area (Å²) in [4.78, 5) is 24.2. The van der Waals surface area contributed by atoms with Gasteiger partial charge in [0.2, 0.25) is 0 Å². The largest absolute Gasteiger partial charge is 0.508 e. The lowest BCUT2D eigenvalue weighted by molar-refractivity contribution is -0.0211. The maximum atomic E-state index is 16.9. The molecule has 4 aromatic rings. The third-order valence-corrected chi connectivity index (χ3v) is 10.0. The van der Waals surface area contributed by atoms with Crippen molar-refractivity contribution in [1.82, 2.24) is 20.2 Å². The fourth-order valence-corrected chi connectivity index (χ4v) is 7.93. The first-order chi connectivity index (χ1) is 23.4. The number of halogens is 5. The van der Waals surface area contributed by atoms with Crippen molar-refractivity contribution < 1.29 is 41.3 Å².